The first kappa shape index (κ1) is 20.1. The molecule has 30 heavy (non-hydrogen) atoms. The van der Waals surface area contributed by atoms with Gasteiger partial charge >= 0.3 is 5.97 Å². The number of ether oxygens (including phenoxy) is 2. The first-order chi connectivity index (χ1) is 14.6. The van der Waals surface area contributed by atoms with E-state index in [4.69, 9.17) is 25.5 Å². The highest BCUT2D eigenvalue weighted by atomic mass is 35.5. The maximum absolute atomic E-state index is 12.2. The summed E-state index contributed by atoms with van der Waals surface area (Å²) in [6, 6.07) is 14.7. The van der Waals surface area contributed by atoms with Crippen molar-refractivity contribution < 1.29 is 18.7 Å². The van der Waals surface area contributed by atoms with E-state index in [-0.39, 0.29) is 24.8 Å². The molecule has 4 rings (SSSR count). The molecule has 7 nitrogen and oxygen atoms in total. The van der Waals surface area contributed by atoms with Crippen LogP contribution in [0.1, 0.15) is 27.0 Å². The molecule has 9 heteroatoms. The van der Waals surface area contributed by atoms with Gasteiger partial charge in [-0.05, 0) is 43.3 Å². The van der Waals surface area contributed by atoms with Gasteiger partial charge in [-0.3, -0.25) is 0 Å². The molecule has 0 bridgehead atoms. The lowest BCUT2D eigenvalue weighted by Crippen LogP contribution is -2.06. The quantitative estimate of drug-likeness (QED) is 0.369. The molecule has 2 aromatic heterocycles. The Morgan fingerprint density at radius 3 is 2.60 bits per heavy atom. The van der Waals surface area contributed by atoms with Gasteiger partial charge < -0.3 is 13.9 Å². The molecule has 0 N–H and O–H groups in total. The summed E-state index contributed by atoms with van der Waals surface area (Å²) in [5.41, 5.74) is 2.09. The molecule has 0 saturated heterocycles. The highest BCUT2D eigenvalue weighted by Gasteiger charge is 2.15. The van der Waals surface area contributed by atoms with Crippen molar-refractivity contribution in [3.8, 4) is 17.2 Å². The van der Waals surface area contributed by atoms with Crippen LogP contribution in [0.4, 0.5) is 0 Å². The van der Waals surface area contributed by atoms with E-state index in [2.05, 4.69) is 15.2 Å². The van der Waals surface area contributed by atoms with Crippen molar-refractivity contribution in [2.75, 3.05) is 0 Å². The first-order valence-electron chi connectivity index (χ1n) is 8.96. The Bertz CT molecular complexity index is 1140. The van der Waals surface area contributed by atoms with Crippen LogP contribution in [0.15, 0.2) is 58.3 Å². The van der Waals surface area contributed by atoms with Gasteiger partial charge in [-0.1, -0.05) is 29.3 Å². The summed E-state index contributed by atoms with van der Waals surface area (Å²) in [5, 5.41) is 10.7. The van der Waals surface area contributed by atoms with E-state index in [1.54, 1.807) is 29.6 Å². The standard InChI is InChI=1S/C21H16ClN3O4S/c1-13-2-8-16(9-3-13)27-11-19-23-17(12-30-19)21(26)28-10-18-24-25-20(29-18)14-4-6-15(22)7-5-14/h2-9,12H,10-11H2,1H3. The molecule has 2 aromatic carbocycles. The highest BCUT2D eigenvalue weighted by Crippen LogP contribution is 2.21. The predicted octanol–water partition coefficient (Wildman–Crippen LogP) is 5.09. The number of thiazole rings is 1. The number of benzene rings is 2. The summed E-state index contributed by atoms with van der Waals surface area (Å²) in [6.07, 6.45) is 0. The number of hydrogen-bond donors (Lipinski definition) is 0. The molecular formula is C21H16ClN3O4S. The smallest absolute Gasteiger partial charge is 0.358 e. The minimum atomic E-state index is -0.570. The Kier molecular flexibility index (Phi) is 6.06. The van der Waals surface area contributed by atoms with Crippen molar-refractivity contribution in [3.63, 3.8) is 0 Å². The maximum Gasteiger partial charge on any atom is 0.358 e. The van der Waals surface area contributed by atoms with Crippen LogP contribution in [0.25, 0.3) is 11.5 Å². The van der Waals surface area contributed by atoms with E-state index < -0.39 is 5.97 Å². The average molecular weight is 442 g/mol. The Morgan fingerprint density at radius 2 is 1.83 bits per heavy atom. The molecule has 0 radical (unpaired) electrons. The SMILES string of the molecule is Cc1ccc(OCc2nc(C(=O)OCc3nnc(-c4ccc(Cl)cc4)o3)cs2)cc1. The van der Waals surface area contributed by atoms with Crippen LogP contribution in [0, 0.1) is 6.92 Å². The first-order valence-corrected chi connectivity index (χ1v) is 10.2. The Morgan fingerprint density at radius 1 is 1.07 bits per heavy atom. The Hall–Kier alpha value is -3.23. The third kappa shape index (κ3) is 5.03. The van der Waals surface area contributed by atoms with Gasteiger partial charge in [0.2, 0.25) is 5.89 Å². The van der Waals surface area contributed by atoms with Gasteiger partial charge in [-0.15, -0.1) is 21.5 Å². The third-order valence-corrected chi connectivity index (χ3v) is 5.10. The minimum absolute atomic E-state index is 0.147. The van der Waals surface area contributed by atoms with E-state index in [9.17, 15) is 4.79 Å². The molecule has 0 aliphatic rings. The van der Waals surface area contributed by atoms with Gasteiger partial charge in [0.1, 0.15) is 17.4 Å². The van der Waals surface area contributed by atoms with Gasteiger partial charge in [-0.2, -0.15) is 0 Å². The molecule has 152 valence electrons. The van der Waals surface area contributed by atoms with Gasteiger partial charge in [0, 0.05) is 16.0 Å². The fourth-order valence-electron chi connectivity index (χ4n) is 2.47. The summed E-state index contributed by atoms with van der Waals surface area (Å²) in [5.74, 6) is 0.681. The summed E-state index contributed by atoms with van der Waals surface area (Å²) >= 11 is 7.19. The summed E-state index contributed by atoms with van der Waals surface area (Å²) in [6.45, 7) is 2.14. The summed E-state index contributed by atoms with van der Waals surface area (Å²) in [4.78, 5) is 16.5. The molecule has 0 aliphatic carbocycles. The fraction of sp³-hybridized carbons (Fsp3) is 0.143. The molecule has 0 spiro atoms. The average Bonchev–Trinajstić information content (AvgIpc) is 3.42. The largest absolute Gasteiger partial charge is 0.486 e. The molecular weight excluding hydrogens is 426 g/mol. The minimum Gasteiger partial charge on any atom is -0.486 e. The number of esters is 1. The maximum atomic E-state index is 12.2. The van der Waals surface area contributed by atoms with Crippen molar-refractivity contribution in [1.29, 1.82) is 0 Å². The number of halogens is 1. The molecule has 0 saturated carbocycles. The predicted molar refractivity (Wildman–Crippen MR) is 111 cm³/mol. The lowest BCUT2D eigenvalue weighted by Gasteiger charge is -2.03. The van der Waals surface area contributed by atoms with Gasteiger partial charge in [-0.25, -0.2) is 9.78 Å². The zero-order valence-electron chi connectivity index (χ0n) is 15.9. The topological polar surface area (TPSA) is 87.3 Å². The number of aryl methyl sites for hydroxylation is 1. The molecule has 0 amide bonds. The third-order valence-electron chi connectivity index (χ3n) is 4.03. The molecule has 4 aromatic rings. The van der Waals surface area contributed by atoms with Gasteiger partial charge in [0.05, 0.1) is 0 Å². The number of carbonyl (C=O) groups is 1. The summed E-state index contributed by atoms with van der Waals surface area (Å²) in [7, 11) is 0. The van der Waals surface area contributed by atoms with Crippen molar-refractivity contribution >= 4 is 28.9 Å². The van der Waals surface area contributed by atoms with Crippen LogP contribution in [0.2, 0.25) is 5.02 Å². The second-order valence-corrected chi connectivity index (χ2v) is 7.69. The lowest BCUT2D eigenvalue weighted by molar-refractivity contribution is 0.0432. The zero-order valence-corrected chi connectivity index (χ0v) is 17.4. The number of aromatic nitrogens is 3. The number of nitrogens with zero attached hydrogens (tertiary/aromatic N) is 3. The molecule has 0 atom stereocenters. The van der Waals surface area contributed by atoms with Crippen LogP contribution >= 0.6 is 22.9 Å². The van der Waals surface area contributed by atoms with E-state index >= 15 is 0 Å². The lowest BCUT2D eigenvalue weighted by atomic mass is 10.2. The number of hydrogen-bond acceptors (Lipinski definition) is 8. The Labute approximate surface area is 181 Å². The molecule has 0 aliphatic heterocycles. The normalized spacial score (nSPS) is 10.7. The van der Waals surface area contributed by atoms with E-state index in [0.29, 0.717) is 15.9 Å². The van der Waals surface area contributed by atoms with Crippen LogP contribution < -0.4 is 4.74 Å². The van der Waals surface area contributed by atoms with Crippen LogP contribution in [-0.4, -0.2) is 21.2 Å². The second-order valence-electron chi connectivity index (χ2n) is 6.31. The van der Waals surface area contributed by atoms with Crippen LogP contribution in [0.5, 0.6) is 5.75 Å². The monoisotopic (exact) mass is 441 g/mol. The Balaban J connectivity index is 1.30. The van der Waals surface area contributed by atoms with Gasteiger partial charge in [0.25, 0.3) is 5.89 Å². The molecule has 0 fully saturated rings. The van der Waals surface area contributed by atoms with Crippen molar-refractivity contribution in [2.24, 2.45) is 0 Å². The zero-order chi connectivity index (χ0) is 20.9. The second kappa shape index (κ2) is 9.06. The van der Waals surface area contributed by atoms with E-state index in [0.717, 1.165) is 16.9 Å². The molecule has 0 unspecified atom stereocenters. The number of rotatable bonds is 7. The van der Waals surface area contributed by atoms with Crippen LogP contribution in [-0.2, 0) is 18.0 Å². The van der Waals surface area contributed by atoms with E-state index in [1.165, 1.54) is 11.3 Å². The van der Waals surface area contributed by atoms with Crippen molar-refractivity contribution in [1.82, 2.24) is 15.2 Å². The summed E-state index contributed by atoms with van der Waals surface area (Å²) < 4.78 is 16.4. The molecule has 2 heterocycles. The highest BCUT2D eigenvalue weighted by molar-refractivity contribution is 7.09. The van der Waals surface area contributed by atoms with Crippen LogP contribution in [0.3, 0.4) is 0 Å². The fourth-order valence-corrected chi connectivity index (χ4v) is 3.27. The van der Waals surface area contributed by atoms with Crippen molar-refractivity contribution in [2.45, 2.75) is 20.1 Å². The van der Waals surface area contributed by atoms with E-state index in [1.807, 2.05) is 31.2 Å². The van der Waals surface area contributed by atoms with Crippen molar-refractivity contribution in [3.05, 3.63) is 81.1 Å². The number of carbonyl (C=O) groups excluding carboxylic acids is 1. The van der Waals surface area contributed by atoms with Gasteiger partial charge in [0.15, 0.2) is 12.3 Å².